The van der Waals surface area contributed by atoms with Gasteiger partial charge in [-0.3, -0.25) is 9.59 Å². The van der Waals surface area contributed by atoms with Crippen molar-refractivity contribution < 1.29 is 14.7 Å². The molecule has 0 bridgehead atoms. The maximum atomic E-state index is 12.0. The second-order valence-electron chi connectivity index (χ2n) is 6.99. The van der Waals surface area contributed by atoms with E-state index in [9.17, 15) is 14.7 Å². The first-order valence-electron chi connectivity index (χ1n) is 8.27. The number of carbonyl (C=O) groups excluding carboxylic acids is 1. The first kappa shape index (κ1) is 19.0. The molecule has 0 aliphatic heterocycles. The van der Waals surface area contributed by atoms with E-state index in [0.29, 0.717) is 12.3 Å². The van der Waals surface area contributed by atoms with Crippen LogP contribution in [0, 0.1) is 17.8 Å². The van der Waals surface area contributed by atoms with E-state index in [4.69, 9.17) is 11.5 Å². The van der Waals surface area contributed by atoms with E-state index in [1.165, 1.54) is 0 Å². The summed E-state index contributed by atoms with van der Waals surface area (Å²) in [4.78, 5) is 23.6. The highest BCUT2D eigenvalue weighted by molar-refractivity contribution is 6.08. The van der Waals surface area contributed by atoms with Gasteiger partial charge < -0.3 is 21.9 Å². The molecule has 0 aromatic carbocycles. The van der Waals surface area contributed by atoms with E-state index in [1.54, 1.807) is 0 Å². The normalized spacial score (nSPS) is 30.0. The molecule has 6 nitrogen and oxygen atoms in total. The summed E-state index contributed by atoms with van der Waals surface area (Å²) in [6.45, 7) is 4.04. The Morgan fingerprint density at radius 2 is 2.05 bits per heavy atom. The van der Waals surface area contributed by atoms with Crippen LogP contribution in [0.1, 0.15) is 39.5 Å². The number of carbonyl (C=O) groups is 2. The Kier molecular flexibility index (Phi) is 6.87. The van der Waals surface area contributed by atoms with Gasteiger partial charge in [0.25, 0.3) is 0 Å². The summed E-state index contributed by atoms with van der Waals surface area (Å²) in [5, 5.41) is 12.3. The molecule has 0 unspecified atom stereocenters. The maximum absolute atomic E-state index is 12.0. The molecule has 1 rings (SSSR count). The second-order valence-corrected chi connectivity index (χ2v) is 6.99. The third-order valence-corrected chi connectivity index (χ3v) is 4.92. The Balaban J connectivity index is 2.68. The number of carboxylic acids is 1. The van der Waals surface area contributed by atoms with Crippen molar-refractivity contribution in [2.24, 2.45) is 29.2 Å². The fourth-order valence-electron chi connectivity index (χ4n) is 3.29. The minimum absolute atomic E-state index is 0.0439. The van der Waals surface area contributed by atoms with Gasteiger partial charge in [-0.15, -0.1) is 0 Å². The largest absolute Gasteiger partial charge is 0.480 e. The van der Waals surface area contributed by atoms with Crippen molar-refractivity contribution in [1.29, 1.82) is 0 Å². The predicted molar refractivity (Wildman–Crippen MR) is 89.2 cm³/mol. The Hall–Kier alpha value is -1.08. The summed E-state index contributed by atoms with van der Waals surface area (Å²) in [5.41, 5.74) is 10.8. The van der Waals surface area contributed by atoms with Gasteiger partial charge in [0, 0.05) is 12.5 Å². The van der Waals surface area contributed by atoms with Gasteiger partial charge in [0.05, 0.1) is 6.04 Å². The fourth-order valence-corrected chi connectivity index (χ4v) is 3.29. The first-order chi connectivity index (χ1) is 10.2. The van der Waals surface area contributed by atoms with Crippen molar-refractivity contribution in [2.75, 3.05) is 6.54 Å². The van der Waals surface area contributed by atoms with Gasteiger partial charge in [0.2, 0.25) is 5.91 Å². The average Bonchev–Trinajstić information content (AvgIpc) is 2.45. The zero-order chi connectivity index (χ0) is 16.9. The van der Waals surface area contributed by atoms with Gasteiger partial charge in [-0.25, -0.2) is 0 Å². The third kappa shape index (κ3) is 4.46. The molecule has 0 aromatic rings. The van der Waals surface area contributed by atoms with Crippen LogP contribution in [0.25, 0.3) is 0 Å². The lowest BCUT2D eigenvalue weighted by Crippen LogP contribution is -2.60. The summed E-state index contributed by atoms with van der Waals surface area (Å²) in [7, 11) is 2.10. The standard InChI is InChI=1S/C15H30BN3O3/c1-9(2)12(17)13(20)19-8-11-4-3-10(5-6-16)7-15(11,18)14(21)22/h9-12H,3-8,16-18H2,1-2H3,(H,19,20)(H,21,22)/t10-,11-,12-,15+/m0/s1. The number of hydrogen-bond donors (Lipinski definition) is 4. The molecule has 0 saturated heterocycles. The van der Waals surface area contributed by atoms with E-state index in [1.807, 2.05) is 13.8 Å². The van der Waals surface area contributed by atoms with Gasteiger partial charge in [0.1, 0.15) is 13.4 Å². The monoisotopic (exact) mass is 311 g/mol. The molecule has 22 heavy (non-hydrogen) atoms. The lowest BCUT2D eigenvalue weighted by Gasteiger charge is -2.41. The van der Waals surface area contributed by atoms with Crippen LogP contribution >= 0.6 is 0 Å². The average molecular weight is 311 g/mol. The van der Waals surface area contributed by atoms with Gasteiger partial charge >= 0.3 is 5.97 Å². The predicted octanol–water partition coefficient (Wildman–Crippen LogP) is -0.274. The van der Waals surface area contributed by atoms with E-state index >= 15 is 0 Å². The molecule has 1 aliphatic rings. The number of nitrogens with two attached hydrogens (primary N) is 2. The highest BCUT2D eigenvalue weighted by Crippen LogP contribution is 2.37. The molecule has 1 amide bonds. The number of rotatable bonds is 7. The zero-order valence-electron chi connectivity index (χ0n) is 14.0. The van der Waals surface area contributed by atoms with Gasteiger partial charge in [-0.2, -0.15) is 0 Å². The molecule has 0 heterocycles. The van der Waals surface area contributed by atoms with Gasteiger partial charge in [0.15, 0.2) is 0 Å². The molecule has 4 atom stereocenters. The molecule has 6 N–H and O–H groups in total. The zero-order valence-corrected chi connectivity index (χ0v) is 14.0. The molecule has 1 fully saturated rings. The highest BCUT2D eigenvalue weighted by Gasteiger charge is 2.46. The van der Waals surface area contributed by atoms with E-state index in [0.717, 1.165) is 25.6 Å². The minimum Gasteiger partial charge on any atom is -0.480 e. The number of nitrogens with one attached hydrogen (secondary N) is 1. The quantitative estimate of drug-likeness (QED) is 0.483. The van der Waals surface area contributed by atoms with E-state index in [-0.39, 0.29) is 24.3 Å². The minimum atomic E-state index is -1.26. The Morgan fingerprint density at radius 3 is 2.55 bits per heavy atom. The van der Waals surface area contributed by atoms with E-state index < -0.39 is 17.6 Å². The fraction of sp³-hybridized carbons (Fsp3) is 0.867. The summed E-state index contributed by atoms with van der Waals surface area (Å²) in [6, 6.07) is -0.576. The second kappa shape index (κ2) is 7.97. The topological polar surface area (TPSA) is 118 Å². The van der Waals surface area contributed by atoms with Gasteiger partial charge in [-0.1, -0.05) is 26.6 Å². The molecule has 0 spiro atoms. The Bertz CT molecular complexity index is 405. The smallest absolute Gasteiger partial charge is 0.324 e. The van der Waals surface area contributed by atoms with Crippen LogP contribution in [-0.4, -0.2) is 43.0 Å². The highest BCUT2D eigenvalue weighted by atomic mass is 16.4. The summed E-state index contributed by atoms with van der Waals surface area (Å²) < 4.78 is 0. The van der Waals surface area contributed by atoms with Crippen molar-refractivity contribution in [1.82, 2.24) is 5.32 Å². The van der Waals surface area contributed by atoms with Crippen LogP contribution in [0.4, 0.5) is 0 Å². The van der Waals surface area contributed by atoms with Crippen LogP contribution in [0.2, 0.25) is 6.32 Å². The van der Waals surface area contributed by atoms with Crippen molar-refractivity contribution in [3.05, 3.63) is 0 Å². The van der Waals surface area contributed by atoms with Crippen molar-refractivity contribution in [2.45, 2.75) is 57.4 Å². The summed E-state index contributed by atoms with van der Waals surface area (Å²) in [6.07, 6.45) is 4.21. The van der Waals surface area contributed by atoms with Crippen molar-refractivity contribution >= 4 is 19.7 Å². The SMILES string of the molecule is BCC[C@@H]1CC[C@@H](CNC(=O)[C@@H](N)C(C)C)[C@@](N)(C(=O)O)C1. The van der Waals surface area contributed by atoms with Gasteiger partial charge in [-0.05, 0) is 31.1 Å². The van der Waals surface area contributed by atoms with Crippen LogP contribution in [0.5, 0.6) is 0 Å². The molecule has 1 aliphatic carbocycles. The van der Waals surface area contributed by atoms with Crippen molar-refractivity contribution in [3.8, 4) is 0 Å². The number of aliphatic carboxylic acids is 1. The van der Waals surface area contributed by atoms with Crippen LogP contribution in [0.3, 0.4) is 0 Å². The number of carboxylic acid groups (broad SMARTS) is 1. The van der Waals surface area contributed by atoms with Crippen LogP contribution in [0.15, 0.2) is 0 Å². The molecule has 1 saturated carbocycles. The number of amides is 1. The van der Waals surface area contributed by atoms with Crippen LogP contribution in [-0.2, 0) is 9.59 Å². The molecule has 0 aromatic heterocycles. The van der Waals surface area contributed by atoms with E-state index in [2.05, 4.69) is 13.2 Å². The molecule has 126 valence electrons. The maximum Gasteiger partial charge on any atom is 0.324 e. The number of hydrogen-bond acceptors (Lipinski definition) is 4. The van der Waals surface area contributed by atoms with Crippen molar-refractivity contribution in [3.63, 3.8) is 0 Å². The van der Waals surface area contributed by atoms with Crippen LogP contribution < -0.4 is 16.8 Å². The lowest BCUT2D eigenvalue weighted by atomic mass is 9.67. The molecule has 0 radical (unpaired) electrons. The molecule has 7 heteroatoms. The molecular weight excluding hydrogens is 281 g/mol. The third-order valence-electron chi connectivity index (χ3n) is 4.92. The Labute approximate surface area is 133 Å². The summed E-state index contributed by atoms with van der Waals surface area (Å²) >= 11 is 0. The Morgan fingerprint density at radius 1 is 1.41 bits per heavy atom. The lowest BCUT2D eigenvalue weighted by molar-refractivity contribution is -0.148. The first-order valence-corrected chi connectivity index (χ1v) is 8.27. The molecular formula is C15H30BN3O3. The summed E-state index contributed by atoms with van der Waals surface area (Å²) in [5.74, 6) is -1.06.